The van der Waals surface area contributed by atoms with Gasteiger partial charge in [-0.1, -0.05) is 19.3 Å². The maximum Gasteiger partial charge on any atom is 0.317 e. The Labute approximate surface area is 144 Å². The second-order valence-corrected chi connectivity index (χ2v) is 8.05. The standard InChI is InChI=1S/C18H31N3O3/c1-18(16(22)23)9-11-20(13-18)17(24)19-12-15-8-5-10-21(15)14-6-3-2-4-7-14/h14-15H,2-13H2,1H3,(H,19,24)(H,22,23). The molecule has 2 aliphatic heterocycles. The summed E-state index contributed by atoms with van der Waals surface area (Å²) < 4.78 is 0. The Bertz CT molecular complexity index is 478. The van der Waals surface area contributed by atoms with Crippen LogP contribution in [0.15, 0.2) is 0 Å². The highest BCUT2D eigenvalue weighted by Crippen LogP contribution is 2.31. The van der Waals surface area contributed by atoms with Gasteiger partial charge in [-0.05, 0) is 45.6 Å². The monoisotopic (exact) mass is 337 g/mol. The number of aliphatic carboxylic acids is 1. The Hall–Kier alpha value is -1.30. The number of nitrogens with one attached hydrogen (secondary N) is 1. The van der Waals surface area contributed by atoms with Gasteiger partial charge in [-0.2, -0.15) is 0 Å². The van der Waals surface area contributed by atoms with Crippen molar-refractivity contribution in [2.24, 2.45) is 5.41 Å². The largest absolute Gasteiger partial charge is 0.481 e. The third-order valence-corrected chi connectivity index (χ3v) is 6.23. The molecule has 2 atom stereocenters. The predicted molar refractivity (Wildman–Crippen MR) is 91.9 cm³/mol. The average molecular weight is 337 g/mol. The van der Waals surface area contributed by atoms with Gasteiger partial charge in [0.2, 0.25) is 0 Å². The van der Waals surface area contributed by atoms with Gasteiger partial charge in [0.25, 0.3) is 0 Å². The van der Waals surface area contributed by atoms with Gasteiger partial charge in [-0.25, -0.2) is 4.79 Å². The van der Waals surface area contributed by atoms with Crippen LogP contribution in [0.5, 0.6) is 0 Å². The van der Waals surface area contributed by atoms with Crippen LogP contribution in [0, 0.1) is 5.41 Å². The number of nitrogens with zero attached hydrogens (tertiary/aromatic N) is 2. The molecular formula is C18H31N3O3. The normalized spacial score (nSPS) is 32.2. The van der Waals surface area contributed by atoms with Gasteiger partial charge in [0.1, 0.15) is 0 Å². The molecule has 6 heteroatoms. The minimum absolute atomic E-state index is 0.101. The summed E-state index contributed by atoms with van der Waals surface area (Å²) in [5.41, 5.74) is -0.793. The van der Waals surface area contributed by atoms with E-state index >= 15 is 0 Å². The van der Waals surface area contributed by atoms with Crippen LogP contribution in [-0.2, 0) is 4.79 Å². The maximum atomic E-state index is 12.4. The first-order valence-corrected chi connectivity index (χ1v) is 9.51. The summed E-state index contributed by atoms with van der Waals surface area (Å²) in [6, 6.07) is 1.05. The molecule has 24 heavy (non-hydrogen) atoms. The quantitative estimate of drug-likeness (QED) is 0.825. The number of urea groups is 1. The molecule has 2 unspecified atom stereocenters. The Morgan fingerprint density at radius 3 is 2.54 bits per heavy atom. The van der Waals surface area contributed by atoms with Crippen molar-refractivity contribution in [2.75, 3.05) is 26.2 Å². The van der Waals surface area contributed by atoms with E-state index in [0.717, 1.165) is 13.0 Å². The molecule has 3 aliphatic rings. The lowest BCUT2D eigenvalue weighted by Crippen LogP contribution is -2.48. The molecule has 0 aromatic heterocycles. The Morgan fingerprint density at radius 1 is 1.12 bits per heavy atom. The number of carbonyl (C=O) groups is 2. The molecule has 3 fully saturated rings. The summed E-state index contributed by atoms with van der Waals surface area (Å²) in [5, 5.41) is 12.4. The van der Waals surface area contributed by atoms with E-state index in [-0.39, 0.29) is 6.03 Å². The van der Waals surface area contributed by atoms with Gasteiger partial charge >= 0.3 is 12.0 Å². The summed E-state index contributed by atoms with van der Waals surface area (Å²) in [4.78, 5) is 28.0. The SMILES string of the molecule is CC1(C(=O)O)CCN(C(=O)NCC2CCCN2C2CCCCC2)C1. The average Bonchev–Trinajstić information content (AvgIpc) is 3.21. The number of amides is 2. The lowest BCUT2D eigenvalue weighted by molar-refractivity contribution is -0.147. The predicted octanol–water partition coefficient (Wildman–Crippen LogP) is 2.29. The fraction of sp³-hybridized carbons (Fsp3) is 0.889. The zero-order chi connectivity index (χ0) is 17.2. The third-order valence-electron chi connectivity index (χ3n) is 6.23. The van der Waals surface area contributed by atoms with Crippen LogP contribution in [0.25, 0.3) is 0 Å². The van der Waals surface area contributed by atoms with E-state index in [1.165, 1.54) is 38.5 Å². The molecule has 6 nitrogen and oxygen atoms in total. The number of carbonyl (C=O) groups excluding carboxylic acids is 1. The fourth-order valence-electron chi connectivity index (χ4n) is 4.60. The van der Waals surface area contributed by atoms with Crippen molar-refractivity contribution in [3.8, 4) is 0 Å². The van der Waals surface area contributed by atoms with Crippen LogP contribution < -0.4 is 5.32 Å². The van der Waals surface area contributed by atoms with Crippen molar-refractivity contribution < 1.29 is 14.7 Å². The molecule has 136 valence electrons. The van der Waals surface area contributed by atoms with Crippen molar-refractivity contribution in [1.29, 1.82) is 0 Å². The van der Waals surface area contributed by atoms with Crippen molar-refractivity contribution in [3.63, 3.8) is 0 Å². The van der Waals surface area contributed by atoms with E-state index in [2.05, 4.69) is 10.2 Å². The molecule has 0 bridgehead atoms. The number of likely N-dealkylation sites (tertiary alicyclic amines) is 2. The molecule has 2 heterocycles. The number of hydrogen-bond acceptors (Lipinski definition) is 3. The van der Waals surface area contributed by atoms with Crippen LogP contribution in [-0.4, -0.2) is 65.2 Å². The van der Waals surface area contributed by atoms with E-state index in [1.807, 2.05) is 0 Å². The Morgan fingerprint density at radius 2 is 1.88 bits per heavy atom. The van der Waals surface area contributed by atoms with Crippen molar-refractivity contribution in [1.82, 2.24) is 15.1 Å². The van der Waals surface area contributed by atoms with Crippen LogP contribution in [0.2, 0.25) is 0 Å². The van der Waals surface area contributed by atoms with Crippen molar-refractivity contribution in [2.45, 2.75) is 70.4 Å². The van der Waals surface area contributed by atoms with Gasteiger partial charge in [0, 0.05) is 31.7 Å². The van der Waals surface area contributed by atoms with Gasteiger partial charge in [-0.15, -0.1) is 0 Å². The van der Waals surface area contributed by atoms with Gasteiger partial charge in [0.05, 0.1) is 5.41 Å². The van der Waals surface area contributed by atoms with Crippen LogP contribution in [0.3, 0.4) is 0 Å². The zero-order valence-corrected chi connectivity index (χ0v) is 14.8. The topological polar surface area (TPSA) is 72.9 Å². The Kier molecular flexibility index (Phi) is 5.33. The van der Waals surface area contributed by atoms with Crippen molar-refractivity contribution >= 4 is 12.0 Å². The van der Waals surface area contributed by atoms with Crippen LogP contribution >= 0.6 is 0 Å². The summed E-state index contributed by atoms with van der Waals surface area (Å²) in [6.07, 6.45) is 9.54. The summed E-state index contributed by atoms with van der Waals surface area (Å²) in [5.74, 6) is -0.808. The molecule has 3 rings (SSSR count). The van der Waals surface area contributed by atoms with E-state index in [4.69, 9.17) is 0 Å². The number of rotatable bonds is 4. The van der Waals surface area contributed by atoms with E-state index in [9.17, 15) is 14.7 Å². The second kappa shape index (κ2) is 7.30. The molecular weight excluding hydrogens is 306 g/mol. The molecule has 2 N–H and O–H groups in total. The molecule has 0 radical (unpaired) electrons. The Balaban J connectivity index is 1.48. The first-order valence-electron chi connectivity index (χ1n) is 9.51. The molecule has 1 aliphatic carbocycles. The smallest absolute Gasteiger partial charge is 0.317 e. The molecule has 0 aromatic rings. The van der Waals surface area contributed by atoms with Crippen LogP contribution in [0.4, 0.5) is 4.79 Å². The highest BCUT2D eigenvalue weighted by molar-refractivity contribution is 5.79. The second-order valence-electron chi connectivity index (χ2n) is 8.05. The molecule has 0 spiro atoms. The van der Waals surface area contributed by atoms with Crippen molar-refractivity contribution in [3.05, 3.63) is 0 Å². The third kappa shape index (κ3) is 3.68. The lowest BCUT2D eigenvalue weighted by atomic mass is 9.90. The zero-order valence-electron chi connectivity index (χ0n) is 14.8. The summed E-state index contributed by atoms with van der Waals surface area (Å²) in [6.45, 7) is 4.42. The minimum Gasteiger partial charge on any atom is -0.481 e. The summed E-state index contributed by atoms with van der Waals surface area (Å²) in [7, 11) is 0. The lowest BCUT2D eigenvalue weighted by Gasteiger charge is -2.35. The van der Waals surface area contributed by atoms with Gasteiger partial charge in [0.15, 0.2) is 0 Å². The fourth-order valence-corrected chi connectivity index (χ4v) is 4.60. The first kappa shape index (κ1) is 17.5. The summed E-state index contributed by atoms with van der Waals surface area (Å²) >= 11 is 0. The number of carboxylic acids is 1. The van der Waals surface area contributed by atoms with Gasteiger partial charge in [-0.3, -0.25) is 9.69 Å². The maximum absolute atomic E-state index is 12.4. The molecule has 1 saturated carbocycles. The molecule has 2 amide bonds. The molecule has 2 saturated heterocycles. The highest BCUT2D eigenvalue weighted by Gasteiger charge is 2.42. The van der Waals surface area contributed by atoms with E-state index in [0.29, 0.717) is 38.1 Å². The van der Waals surface area contributed by atoms with E-state index < -0.39 is 11.4 Å². The number of hydrogen-bond donors (Lipinski definition) is 2. The number of carboxylic acid groups (broad SMARTS) is 1. The highest BCUT2D eigenvalue weighted by atomic mass is 16.4. The minimum atomic E-state index is -0.808. The van der Waals surface area contributed by atoms with Gasteiger partial charge < -0.3 is 15.3 Å². The first-order chi connectivity index (χ1) is 11.5. The van der Waals surface area contributed by atoms with E-state index in [1.54, 1.807) is 11.8 Å². The van der Waals surface area contributed by atoms with Crippen LogP contribution in [0.1, 0.15) is 58.3 Å². The molecule has 0 aromatic carbocycles.